The maximum absolute atomic E-state index is 10.1. The zero-order chi connectivity index (χ0) is 13.3. The van der Waals surface area contributed by atoms with E-state index in [1.165, 1.54) is 0 Å². The van der Waals surface area contributed by atoms with Crippen LogP contribution in [0.25, 0.3) is 0 Å². The molecule has 0 aliphatic carbocycles. The van der Waals surface area contributed by atoms with Crippen molar-refractivity contribution in [2.24, 2.45) is 0 Å². The molecule has 1 heterocycles. The Morgan fingerprint density at radius 2 is 2.11 bits per heavy atom. The molecular weight excluding hydrogens is 226 g/mol. The van der Waals surface area contributed by atoms with E-state index in [1.54, 1.807) is 0 Å². The summed E-state index contributed by atoms with van der Waals surface area (Å²) in [5, 5.41) is 10.1. The van der Waals surface area contributed by atoms with Crippen molar-refractivity contribution >= 4 is 0 Å². The molecule has 1 aromatic rings. The highest BCUT2D eigenvalue weighted by atomic mass is 16.5. The second-order valence-electron chi connectivity index (χ2n) is 5.80. The number of nitrogens with zero attached hydrogens (tertiary/aromatic N) is 1. The Hall–Kier alpha value is -1.06. The van der Waals surface area contributed by atoms with E-state index < -0.39 is 0 Å². The molecule has 0 saturated carbocycles. The average Bonchev–Trinajstić information content (AvgIpc) is 2.27. The molecule has 0 aromatic heterocycles. The highest BCUT2D eigenvalue weighted by Gasteiger charge is 2.34. The van der Waals surface area contributed by atoms with E-state index in [2.05, 4.69) is 31.7 Å². The Labute approximate surface area is 109 Å². The molecule has 0 amide bonds. The predicted molar refractivity (Wildman–Crippen MR) is 72.9 cm³/mol. The fourth-order valence-corrected chi connectivity index (χ4v) is 2.76. The van der Waals surface area contributed by atoms with Crippen molar-refractivity contribution in [1.29, 1.82) is 0 Å². The first-order valence-electron chi connectivity index (χ1n) is 6.56. The number of rotatable bonds is 2. The van der Waals surface area contributed by atoms with Gasteiger partial charge in [0.15, 0.2) is 0 Å². The van der Waals surface area contributed by atoms with Gasteiger partial charge in [0.2, 0.25) is 0 Å². The van der Waals surface area contributed by atoms with Gasteiger partial charge in [0, 0.05) is 23.7 Å². The fraction of sp³-hybridized carbons (Fsp3) is 0.600. The molecule has 0 spiro atoms. The van der Waals surface area contributed by atoms with E-state index in [1.807, 2.05) is 19.1 Å². The summed E-state index contributed by atoms with van der Waals surface area (Å²) in [6.07, 6.45) is 0. The standard InChI is InChI=1S/C15H23NO2/c1-11-5-6-13(14(17)9-11)12(2)16-7-8-18-10-15(16,3)4/h5-6,9,12,17H,7-8,10H2,1-4H3. The first-order chi connectivity index (χ1) is 8.42. The minimum absolute atomic E-state index is 0.00892. The Morgan fingerprint density at radius 1 is 1.39 bits per heavy atom. The fourth-order valence-electron chi connectivity index (χ4n) is 2.76. The van der Waals surface area contributed by atoms with Crippen LogP contribution in [0, 0.1) is 6.92 Å². The summed E-state index contributed by atoms with van der Waals surface area (Å²) in [6, 6.07) is 6.11. The quantitative estimate of drug-likeness (QED) is 0.874. The van der Waals surface area contributed by atoms with Crippen LogP contribution < -0.4 is 0 Å². The van der Waals surface area contributed by atoms with Gasteiger partial charge in [0.05, 0.1) is 13.2 Å². The number of ether oxygens (including phenoxy) is 1. The summed E-state index contributed by atoms with van der Waals surface area (Å²) in [4.78, 5) is 2.40. The minimum atomic E-state index is 0.00892. The van der Waals surface area contributed by atoms with Crippen LogP contribution in [0.3, 0.4) is 0 Å². The molecular formula is C15H23NO2. The number of hydrogen-bond acceptors (Lipinski definition) is 3. The number of aryl methyl sites for hydroxylation is 1. The Balaban J connectivity index is 2.27. The van der Waals surface area contributed by atoms with Crippen LogP contribution in [-0.4, -0.2) is 35.3 Å². The van der Waals surface area contributed by atoms with E-state index in [9.17, 15) is 5.11 Å². The van der Waals surface area contributed by atoms with Gasteiger partial charge in [-0.1, -0.05) is 12.1 Å². The third-order valence-electron chi connectivity index (χ3n) is 3.81. The summed E-state index contributed by atoms with van der Waals surface area (Å²) >= 11 is 0. The number of hydrogen-bond donors (Lipinski definition) is 1. The molecule has 3 heteroatoms. The van der Waals surface area contributed by atoms with Gasteiger partial charge in [-0.05, 0) is 39.3 Å². The molecule has 1 aromatic carbocycles. The van der Waals surface area contributed by atoms with Crippen LogP contribution in [0.1, 0.15) is 37.9 Å². The summed E-state index contributed by atoms with van der Waals surface area (Å²) in [7, 11) is 0. The Kier molecular flexibility index (Phi) is 3.64. The van der Waals surface area contributed by atoms with Crippen LogP contribution in [0.4, 0.5) is 0 Å². The number of phenolic OH excluding ortho intramolecular Hbond substituents is 1. The van der Waals surface area contributed by atoms with Gasteiger partial charge in [-0.25, -0.2) is 0 Å². The maximum Gasteiger partial charge on any atom is 0.120 e. The molecule has 1 aliphatic rings. The van der Waals surface area contributed by atoms with Crippen LogP contribution >= 0.6 is 0 Å². The predicted octanol–water partition coefficient (Wildman–Crippen LogP) is 2.87. The van der Waals surface area contributed by atoms with E-state index in [-0.39, 0.29) is 11.6 Å². The second-order valence-corrected chi connectivity index (χ2v) is 5.80. The van der Waals surface area contributed by atoms with E-state index in [4.69, 9.17) is 4.74 Å². The SMILES string of the molecule is Cc1ccc(C(C)N2CCOCC2(C)C)c(O)c1. The van der Waals surface area contributed by atoms with Gasteiger partial charge in [-0.2, -0.15) is 0 Å². The summed E-state index contributed by atoms with van der Waals surface area (Å²) < 4.78 is 5.55. The van der Waals surface area contributed by atoms with Crippen molar-refractivity contribution in [3.63, 3.8) is 0 Å². The van der Waals surface area contributed by atoms with E-state index in [0.29, 0.717) is 5.75 Å². The monoisotopic (exact) mass is 249 g/mol. The third kappa shape index (κ3) is 2.52. The minimum Gasteiger partial charge on any atom is -0.508 e. The topological polar surface area (TPSA) is 32.7 Å². The number of morpholine rings is 1. The molecule has 18 heavy (non-hydrogen) atoms. The maximum atomic E-state index is 10.1. The lowest BCUT2D eigenvalue weighted by Crippen LogP contribution is -2.53. The molecule has 100 valence electrons. The van der Waals surface area contributed by atoms with E-state index in [0.717, 1.165) is 30.9 Å². The number of aromatic hydroxyl groups is 1. The van der Waals surface area contributed by atoms with Gasteiger partial charge in [-0.3, -0.25) is 4.90 Å². The van der Waals surface area contributed by atoms with Crippen molar-refractivity contribution in [3.05, 3.63) is 29.3 Å². The van der Waals surface area contributed by atoms with Crippen molar-refractivity contribution in [2.45, 2.75) is 39.3 Å². The molecule has 1 unspecified atom stereocenters. The first kappa shape index (κ1) is 13.4. The van der Waals surface area contributed by atoms with Gasteiger partial charge in [0.1, 0.15) is 5.75 Å². The van der Waals surface area contributed by atoms with Gasteiger partial charge >= 0.3 is 0 Å². The first-order valence-corrected chi connectivity index (χ1v) is 6.56. The number of phenols is 1. The molecule has 2 rings (SSSR count). The highest BCUT2D eigenvalue weighted by molar-refractivity contribution is 5.38. The van der Waals surface area contributed by atoms with Crippen LogP contribution in [0.2, 0.25) is 0 Å². The molecule has 1 N–H and O–H groups in total. The van der Waals surface area contributed by atoms with Crippen molar-refractivity contribution in [3.8, 4) is 5.75 Å². The molecule has 3 nitrogen and oxygen atoms in total. The summed E-state index contributed by atoms with van der Waals surface area (Å²) in [6.45, 7) is 10.9. The summed E-state index contributed by atoms with van der Waals surface area (Å²) in [5.74, 6) is 0.393. The third-order valence-corrected chi connectivity index (χ3v) is 3.81. The van der Waals surface area contributed by atoms with Crippen LogP contribution in [-0.2, 0) is 4.74 Å². The van der Waals surface area contributed by atoms with Gasteiger partial charge in [0.25, 0.3) is 0 Å². The zero-order valence-corrected chi connectivity index (χ0v) is 11.7. The normalized spacial score (nSPS) is 21.8. The van der Waals surface area contributed by atoms with Crippen molar-refractivity contribution in [1.82, 2.24) is 4.90 Å². The summed E-state index contributed by atoms with van der Waals surface area (Å²) in [5.41, 5.74) is 2.09. The lowest BCUT2D eigenvalue weighted by Gasteiger charge is -2.45. The molecule has 0 bridgehead atoms. The van der Waals surface area contributed by atoms with Crippen LogP contribution in [0.5, 0.6) is 5.75 Å². The smallest absolute Gasteiger partial charge is 0.120 e. The lowest BCUT2D eigenvalue weighted by atomic mass is 9.95. The zero-order valence-electron chi connectivity index (χ0n) is 11.7. The number of benzene rings is 1. The second kappa shape index (κ2) is 4.90. The van der Waals surface area contributed by atoms with Crippen molar-refractivity contribution in [2.75, 3.05) is 19.8 Å². The highest BCUT2D eigenvalue weighted by Crippen LogP contribution is 2.34. The Bertz CT molecular complexity index is 429. The molecule has 1 saturated heterocycles. The van der Waals surface area contributed by atoms with E-state index >= 15 is 0 Å². The lowest BCUT2D eigenvalue weighted by molar-refractivity contribution is -0.0698. The Morgan fingerprint density at radius 3 is 2.72 bits per heavy atom. The molecule has 1 atom stereocenters. The van der Waals surface area contributed by atoms with Gasteiger partial charge in [-0.15, -0.1) is 0 Å². The molecule has 1 aliphatic heterocycles. The molecule has 1 fully saturated rings. The van der Waals surface area contributed by atoms with Crippen LogP contribution in [0.15, 0.2) is 18.2 Å². The average molecular weight is 249 g/mol. The van der Waals surface area contributed by atoms with Crippen molar-refractivity contribution < 1.29 is 9.84 Å². The molecule has 0 radical (unpaired) electrons. The van der Waals surface area contributed by atoms with Gasteiger partial charge < -0.3 is 9.84 Å². The largest absolute Gasteiger partial charge is 0.508 e.